The van der Waals surface area contributed by atoms with Crippen molar-refractivity contribution >= 4 is 28.3 Å². The Kier molecular flexibility index (Phi) is 6.86. The van der Waals surface area contributed by atoms with Crippen LogP contribution in [0.4, 0.5) is 0 Å². The number of amides is 1. The Morgan fingerprint density at radius 2 is 2.00 bits per heavy atom. The molecule has 138 valence electrons. The number of hydrogen-bond acceptors (Lipinski definition) is 4. The summed E-state index contributed by atoms with van der Waals surface area (Å²) in [5, 5.41) is 0. The molecule has 1 aromatic rings. The minimum Gasteiger partial charge on any atom is -0.345 e. The van der Waals surface area contributed by atoms with Crippen LogP contribution in [0.15, 0.2) is 17.2 Å². The van der Waals surface area contributed by atoms with Crippen molar-refractivity contribution in [2.45, 2.75) is 43.2 Å². The lowest BCUT2D eigenvalue weighted by Gasteiger charge is -2.36. The third-order valence-electron chi connectivity index (χ3n) is 4.32. The van der Waals surface area contributed by atoms with Gasteiger partial charge in [-0.1, -0.05) is 6.42 Å². The Hall–Kier alpha value is -1.09. The number of piperidine rings is 1. The zero-order chi connectivity index (χ0) is 17.4. The van der Waals surface area contributed by atoms with Crippen LogP contribution in [0, 0.1) is 0 Å². The third-order valence-corrected chi connectivity index (χ3v) is 6.21. The van der Waals surface area contributed by atoms with Gasteiger partial charge in [0.05, 0.1) is 0 Å². The quantitative estimate of drug-likeness (QED) is 0.847. The van der Waals surface area contributed by atoms with Crippen molar-refractivity contribution in [1.29, 1.82) is 0 Å². The van der Waals surface area contributed by atoms with Crippen molar-refractivity contribution in [3.8, 4) is 0 Å². The molecule has 2 rings (SSSR count). The largest absolute Gasteiger partial charge is 0.345 e. The Morgan fingerprint density at radius 1 is 1.38 bits per heavy atom. The predicted molar refractivity (Wildman–Crippen MR) is 95.9 cm³/mol. The molecular weight excluding hydrogens is 352 g/mol. The zero-order valence-electron chi connectivity index (χ0n) is 14.6. The van der Waals surface area contributed by atoms with Crippen molar-refractivity contribution in [2.75, 3.05) is 20.6 Å². The predicted octanol–water partition coefficient (Wildman–Crippen LogP) is 1.04. The molecule has 7 nitrogen and oxygen atoms in total. The molecule has 2 heterocycles. The van der Waals surface area contributed by atoms with Crippen LogP contribution < -0.4 is 5.73 Å². The molecule has 2 unspecified atom stereocenters. The first-order chi connectivity index (χ1) is 10.7. The summed E-state index contributed by atoms with van der Waals surface area (Å²) >= 11 is 0. The Balaban J connectivity index is 0.00000288. The van der Waals surface area contributed by atoms with Crippen molar-refractivity contribution in [3.05, 3.63) is 18.0 Å². The van der Waals surface area contributed by atoms with Gasteiger partial charge in [0.25, 0.3) is 5.91 Å². The summed E-state index contributed by atoms with van der Waals surface area (Å²) in [6.45, 7) is 2.31. The number of sulfonamides is 1. The maximum absolute atomic E-state index is 13.0. The highest BCUT2D eigenvalue weighted by Crippen LogP contribution is 2.27. The fourth-order valence-electron chi connectivity index (χ4n) is 3.01. The molecule has 1 aliphatic rings. The van der Waals surface area contributed by atoms with E-state index >= 15 is 0 Å². The molecule has 1 saturated heterocycles. The Bertz CT molecular complexity index is 685. The zero-order valence-corrected chi connectivity index (χ0v) is 16.2. The van der Waals surface area contributed by atoms with Gasteiger partial charge in [0.15, 0.2) is 0 Å². The molecule has 2 atom stereocenters. The molecule has 0 spiro atoms. The summed E-state index contributed by atoms with van der Waals surface area (Å²) in [6, 6.07) is 1.03. The molecule has 0 radical (unpaired) electrons. The molecule has 0 aliphatic carbocycles. The van der Waals surface area contributed by atoms with Crippen LogP contribution in [-0.4, -0.2) is 60.8 Å². The standard InChI is InChI=1S/C15H26N4O3S.ClH/c1-11(16)13-7-5-6-8-19(13)23(21,22)12-9-14(18(4)10-12)15(20)17(2)3;/h9-11,13H,5-8,16H2,1-4H3;1H. The summed E-state index contributed by atoms with van der Waals surface area (Å²) in [6.07, 6.45) is 4.09. The van der Waals surface area contributed by atoms with Crippen LogP contribution >= 0.6 is 12.4 Å². The van der Waals surface area contributed by atoms with Gasteiger partial charge >= 0.3 is 0 Å². The van der Waals surface area contributed by atoms with E-state index in [1.807, 2.05) is 6.92 Å². The summed E-state index contributed by atoms with van der Waals surface area (Å²) < 4.78 is 29.0. The maximum Gasteiger partial charge on any atom is 0.269 e. The summed E-state index contributed by atoms with van der Waals surface area (Å²) in [4.78, 5) is 13.7. The van der Waals surface area contributed by atoms with Crippen LogP contribution in [0.25, 0.3) is 0 Å². The van der Waals surface area contributed by atoms with E-state index in [2.05, 4.69) is 0 Å². The third kappa shape index (κ3) is 3.93. The van der Waals surface area contributed by atoms with Crippen LogP contribution in [0.2, 0.25) is 0 Å². The maximum atomic E-state index is 13.0. The van der Waals surface area contributed by atoms with Crippen molar-refractivity contribution in [1.82, 2.24) is 13.8 Å². The number of hydrogen-bond donors (Lipinski definition) is 1. The van der Waals surface area contributed by atoms with E-state index in [9.17, 15) is 13.2 Å². The summed E-state index contributed by atoms with van der Waals surface area (Å²) in [5.74, 6) is -0.226. The normalized spacial score (nSPS) is 20.3. The van der Waals surface area contributed by atoms with Gasteiger partial charge in [-0.3, -0.25) is 4.79 Å². The van der Waals surface area contributed by atoms with Crippen LogP contribution in [-0.2, 0) is 17.1 Å². The lowest BCUT2D eigenvalue weighted by Crippen LogP contribution is -2.51. The average Bonchev–Trinajstić information content (AvgIpc) is 2.88. The lowest BCUT2D eigenvalue weighted by molar-refractivity contribution is 0.0818. The van der Waals surface area contributed by atoms with E-state index in [1.165, 1.54) is 21.5 Å². The van der Waals surface area contributed by atoms with Gasteiger partial charge in [0.1, 0.15) is 10.6 Å². The smallest absolute Gasteiger partial charge is 0.269 e. The first-order valence-corrected chi connectivity index (χ1v) is 9.25. The highest BCUT2D eigenvalue weighted by molar-refractivity contribution is 7.89. The van der Waals surface area contributed by atoms with Crippen LogP contribution in [0.1, 0.15) is 36.7 Å². The van der Waals surface area contributed by atoms with Gasteiger partial charge in [0.2, 0.25) is 10.0 Å². The fraction of sp³-hybridized carbons (Fsp3) is 0.667. The second-order valence-electron chi connectivity index (χ2n) is 6.41. The van der Waals surface area contributed by atoms with Gasteiger partial charge in [-0.05, 0) is 25.8 Å². The second kappa shape index (κ2) is 7.86. The SMILES string of the molecule is CC(N)C1CCCCN1S(=O)(=O)c1cc(C(=O)N(C)C)n(C)c1.Cl. The minimum absolute atomic E-state index is 0. The summed E-state index contributed by atoms with van der Waals surface area (Å²) in [5.41, 5.74) is 6.33. The van der Waals surface area contributed by atoms with Crippen molar-refractivity contribution in [2.24, 2.45) is 12.8 Å². The number of aryl methyl sites for hydroxylation is 1. The Labute approximate surface area is 150 Å². The van der Waals surface area contributed by atoms with E-state index in [0.29, 0.717) is 12.2 Å². The topological polar surface area (TPSA) is 88.6 Å². The van der Waals surface area contributed by atoms with E-state index in [4.69, 9.17) is 5.73 Å². The number of nitrogens with zero attached hydrogens (tertiary/aromatic N) is 3. The lowest BCUT2D eigenvalue weighted by atomic mass is 10.00. The molecule has 0 aromatic carbocycles. The van der Waals surface area contributed by atoms with Gasteiger partial charge in [-0.25, -0.2) is 8.42 Å². The van der Waals surface area contributed by atoms with E-state index in [1.54, 1.807) is 25.7 Å². The fourth-order valence-corrected chi connectivity index (χ4v) is 4.85. The van der Waals surface area contributed by atoms with Gasteiger partial charge < -0.3 is 15.2 Å². The van der Waals surface area contributed by atoms with Crippen LogP contribution in [0.5, 0.6) is 0 Å². The molecular formula is C15H27ClN4O3S. The van der Waals surface area contributed by atoms with Crippen LogP contribution in [0.3, 0.4) is 0 Å². The highest BCUT2D eigenvalue weighted by atomic mass is 35.5. The van der Waals surface area contributed by atoms with E-state index in [-0.39, 0.29) is 35.3 Å². The van der Waals surface area contributed by atoms with Crippen molar-refractivity contribution in [3.63, 3.8) is 0 Å². The number of halogens is 1. The Morgan fingerprint density at radius 3 is 2.54 bits per heavy atom. The van der Waals surface area contributed by atoms with Gasteiger partial charge in [0, 0.05) is 46.0 Å². The number of aromatic nitrogens is 1. The van der Waals surface area contributed by atoms with E-state index < -0.39 is 10.0 Å². The molecule has 24 heavy (non-hydrogen) atoms. The number of nitrogens with two attached hydrogens (primary N) is 1. The number of carbonyl (C=O) groups excluding carboxylic acids is 1. The average molecular weight is 379 g/mol. The molecule has 0 bridgehead atoms. The number of carbonyl (C=O) groups is 1. The van der Waals surface area contributed by atoms with Gasteiger partial charge in [-0.2, -0.15) is 4.31 Å². The van der Waals surface area contributed by atoms with Gasteiger partial charge in [-0.15, -0.1) is 12.4 Å². The summed E-state index contributed by atoms with van der Waals surface area (Å²) in [7, 11) is 1.30. The monoisotopic (exact) mass is 378 g/mol. The molecule has 1 fully saturated rings. The molecule has 1 aliphatic heterocycles. The van der Waals surface area contributed by atoms with Crippen molar-refractivity contribution < 1.29 is 13.2 Å². The molecule has 9 heteroatoms. The molecule has 1 amide bonds. The first kappa shape index (κ1) is 21.0. The highest BCUT2D eigenvalue weighted by Gasteiger charge is 2.36. The molecule has 2 N–H and O–H groups in total. The number of rotatable bonds is 4. The molecule has 0 saturated carbocycles. The van der Waals surface area contributed by atoms with E-state index in [0.717, 1.165) is 19.3 Å². The minimum atomic E-state index is -3.66. The first-order valence-electron chi connectivity index (χ1n) is 7.81. The second-order valence-corrected chi connectivity index (χ2v) is 8.30. The molecule has 1 aromatic heterocycles.